The number of aryl methyl sites for hydroxylation is 1. The molecular formula is C12H17NO3S. The quantitative estimate of drug-likeness (QED) is 0.499. The molecule has 0 spiro atoms. The standard InChI is InChI=1S/C12H17NO3S/c1-9-4-5-11(10(6-9)13(14)15)16-7-12(2,3)8-17/h4-6,17H,7-8H2,1-3H3. The second kappa shape index (κ2) is 5.40. The van der Waals surface area contributed by atoms with Gasteiger partial charge in [-0.15, -0.1) is 0 Å². The molecule has 0 bridgehead atoms. The first-order chi connectivity index (χ1) is 7.85. The minimum atomic E-state index is -0.421. The van der Waals surface area contributed by atoms with Gasteiger partial charge >= 0.3 is 5.69 Å². The molecule has 0 saturated heterocycles. The lowest BCUT2D eigenvalue weighted by Gasteiger charge is -2.22. The Morgan fingerprint density at radius 2 is 2.12 bits per heavy atom. The van der Waals surface area contributed by atoms with Crippen molar-refractivity contribution in [1.82, 2.24) is 0 Å². The minimum absolute atomic E-state index is 0.0139. The molecule has 0 fully saturated rings. The number of nitro groups is 1. The zero-order valence-corrected chi connectivity index (χ0v) is 11.2. The summed E-state index contributed by atoms with van der Waals surface area (Å²) in [7, 11) is 0. The summed E-state index contributed by atoms with van der Waals surface area (Å²) in [6, 6.07) is 4.96. The van der Waals surface area contributed by atoms with Gasteiger partial charge in [0.05, 0.1) is 11.5 Å². The molecule has 4 nitrogen and oxygen atoms in total. The van der Waals surface area contributed by atoms with Crippen LogP contribution >= 0.6 is 12.6 Å². The number of benzene rings is 1. The molecule has 1 aromatic carbocycles. The topological polar surface area (TPSA) is 52.4 Å². The number of nitrogens with zero attached hydrogens (tertiary/aromatic N) is 1. The van der Waals surface area contributed by atoms with Gasteiger partial charge in [-0.25, -0.2) is 0 Å². The zero-order chi connectivity index (χ0) is 13.1. The van der Waals surface area contributed by atoms with Gasteiger partial charge < -0.3 is 4.74 Å². The SMILES string of the molecule is Cc1ccc(OCC(C)(C)CS)c([N+](=O)[O-])c1. The van der Waals surface area contributed by atoms with E-state index in [0.717, 1.165) is 5.56 Å². The predicted molar refractivity (Wildman–Crippen MR) is 71.0 cm³/mol. The Morgan fingerprint density at radius 1 is 1.47 bits per heavy atom. The molecule has 0 aromatic heterocycles. The lowest BCUT2D eigenvalue weighted by molar-refractivity contribution is -0.386. The first-order valence-electron chi connectivity index (χ1n) is 5.34. The molecule has 0 N–H and O–H groups in total. The van der Waals surface area contributed by atoms with E-state index < -0.39 is 4.92 Å². The fraction of sp³-hybridized carbons (Fsp3) is 0.500. The number of hydrogen-bond acceptors (Lipinski definition) is 4. The van der Waals surface area contributed by atoms with Crippen molar-refractivity contribution in [2.45, 2.75) is 20.8 Å². The average molecular weight is 255 g/mol. The van der Waals surface area contributed by atoms with Crippen molar-refractivity contribution in [3.05, 3.63) is 33.9 Å². The van der Waals surface area contributed by atoms with E-state index in [2.05, 4.69) is 12.6 Å². The van der Waals surface area contributed by atoms with Crippen LogP contribution in [0.15, 0.2) is 18.2 Å². The second-order valence-corrected chi connectivity index (χ2v) is 5.16. The van der Waals surface area contributed by atoms with Crippen molar-refractivity contribution in [3.8, 4) is 5.75 Å². The summed E-state index contributed by atoms with van der Waals surface area (Å²) < 4.78 is 5.52. The van der Waals surface area contributed by atoms with Crippen molar-refractivity contribution in [3.63, 3.8) is 0 Å². The van der Waals surface area contributed by atoms with Crippen molar-refractivity contribution in [1.29, 1.82) is 0 Å². The first-order valence-corrected chi connectivity index (χ1v) is 5.98. The molecule has 5 heteroatoms. The molecule has 0 saturated carbocycles. The average Bonchev–Trinajstić information content (AvgIpc) is 2.27. The molecule has 0 aliphatic heterocycles. The van der Waals surface area contributed by atoms with Crippen LogP contribution in [0, 0.1) is 22.5 Å². The number of hydrogen-bond donors (Lipinski definition) is 1. The van der Waals surface area contributed by atoms with Crippen LogP contribution in [0.5, 0.6) is 5.75 Å². The minimum Gasteiger partial charge on any atom is -0.486 e. The molecule has 0 amide bonds. The van der Waals surface area contributed by atoms with Crippen molar-refractivity contribution in [2.75, 3.05) is 12.4 Å². The van der Waals surface area contributed by atoms with E-state index in [0.29, 0.717) is 18.1 Å². The molecule has 0 unspecified atom stereocenters. The molecule has 0 radical (unpaired) electrons. The summed E-state index contributed by atoms with van der Waals surface area (Å²) in [5, 5.41) is 10.9. The first kappa shape index (κ1) is 13.8. The van der Waals surface area contributed by atoms with Crippen LogP contribution in [0.1, 0.15) is 19.4 Å². The zero-order valence-electron chi connectivity index (χ0n) is 10.3. The molecule has 1 rings (SSSR count). The van der Waals surface area contributed by atoms with E-state index >= 15 is 0 Å². The second-order valence-electron chi connectivity index (χ2n) is 4.84. The summed E-state index contributed by atoms with van der Waals surface area (Å²) in [4.78, 5) is 10.5. The normalized spacial score (nSPS) is 11.3. The summed E-state index contributed by atoms with van der Waals surface area (Å²) in [5.41, 5.74) is 0.750. The maximum atomic E-state index is 10.9. The largest absolute Gasteiger partial charge is 0.486 e. The molecule has 94 valence electrons. The fourth-order valence-electron chi connectivity index (χ4n) is 1.21. The lowest BCUT2D eigenvalue weighted by atomic mass is 9.98. The Labute approximate surface area is 107 Å². The molecule has 17 heavy (non-hydrogen) atoms. The molecule has 0 aliphatic carbocycles. The Balaban J connectivity index is 2.88. The van der Waals surface area contributed by atoms with Gasteiger partial charge in [-0.1, -0.05) is 19.9 Å². The lowest BCUT2D eigenvalue weighted by Crippen LogP contribution is -2.23. The maximum absolute atomic E-state index is 10.9. The third kappa shape index (κ3) is 3.93. The van der Waals surface area contributed by atoms with Crippen molar-refractivity contribution in [2.24, 2.45) is 5.41 Å². The molecule has 1 aromatic rings. The number of thiol groups is 1. The summed E-state index contributed by atoms with van der Waals surface area (Å²) >= 11 is 4.22. The van der Waals surface area contributed by atoms with Crippen LogP contribution in [0.4, 0.5) is 5.69 Å². The monoisotopic (exact) mass is 255 g/mol. The van der Waals surface area contributed by atoms with E-state index in [1.807, 2.05) is 20.8 Å². The summed E-state index contributed by atoms with van der Waals surface area (Å²) in [6.45, 7) is 6.22. The van der Waals surface area contributed by atoms with Gasteiger partial charge in [-0.05, 0) is 24.3 Å². The maximum Gasteiger partial charge on any atom is 0.311 e. The Kier molecular flexibility index (Phi) is 4.40. The van der Waals surface area contributed by atoms with Crippen LogP contribution in [0.3, 0.4) is 0 Å². The highest BCUT2D eigenvalue weighted by molar-refractivity contribution is 7.80. The van der Waals surface area contributed by atoms with E-state index in [1.165, 1.54) is 6.07 Å². The fourth-order valence-corrected chi connectivity index (χ4v) is 1.30. The summed E-state index contributed by atoms with van der Waals surface area (Å²) in [5.74, 6) is 0.975. The van der Waals surface area contributed by atoms with Crippen molar-refractivity contribution >= 4 is 18.3 Å². The van der Waals surface area contributed by atoms with Gasteiger partial charge in [0.1, 0.15) is 0 Å². The van der Waals surface area contributed by atoms with Gasteiger partial charge in [-0.2, -0.15) is 12.6 Å². The Morgan fingerprint density at radius 3 is 2.65 bits per heavy atom. The summed E-state index contributed by atoms with van der Waals surface area (Å²) in [6.07, 6.45) is 0. The Hall–Kier alpha value is -1.23. The highest BCUT2D eigenvalue weighted by Gasteiger charge is 2.20. The molecule has 0 atom stereocenters. The van der Waals surface area contributed by atoms with Crippen molar-refractivity contribution < 1.29 is 9.66 Å². The van der Waals surface area contributed by atoms with Gasteiger partial charge in [0.15, 0.2) is 5.75 Å². The third-order valence-corrected chi connectivity index (χ3v) is 3.21. The van der Waals surface area contributed by atoms with Crippen LogP contribution in [0.2, 0.25) is 0 Å². The smallest absolute Gasteiger partial charge is 0.311 e. The van der Waals surface area contributed by atoms with E-state index in [1.54, 1.807) is 12.1 Å². The van der Waals surface area contributed by atoms with E-state index in [4.69, 9.17) is 4.74 Å². The number of nitro benzene ring substituents is 1. The van der Waals surface area contributed by atoms with Crippen LogP contribution < -0.4 is 4.74 Å². The van der Waals surface area contributed by atoms with E-state index in [9.17, 15) is 10.1 Å². The number of ether oxygens (including phenoxy) is 1. The number of rotatable bonds is 5. The van der Waals surface area contributed by atoms with E-state index in [-0.39, 0.29) is 11.1 Å². The third-order valence-electron chi connectivity index (χ3n) is 2.36. The highest BCUT2D eigenvalue weighted by atomic mass is 32.1. The van der Waals surface area contributed by atoms with Gasteiger partial charge in [0, 0.05) is 11.5 Å². The van der Waals surface area contributed by atoms with Crippen LogP contribution in [0.25, 0.3) is 0 Å². The molecule has 0 aliphatic rings. The van der Waals surface area contributed by atoms with Gasteiger partial charge in [0.25, 0.3) is 0 Å². The highest BCUT2D eigenvalue weighted by Crippen LogP contribution is 2.29. The molecular weight excluding hydrogens is 238 g/mol. The van der Waals surface area contributed by atoms with Crippen LogP contribution in [-0.4, -0.2) is 17.3 Å². The van der Waals surface area contributed by atoms with Crippen LogP contribution in [-0.2, 0) is 0 Å². The van der Waals surface area contributed by atoms with Gasteiger partial charge in [-0.3, -0.25) is 10.1 Å². The Bertz CT molecular complexity index is 418. The molecule has 0 heterocycles. The van der Waals surface area contributed by atoms with Gasteiger partial charge in [0.2, 0.25) is 0 Å². The predicted octanol–water partition coefficient (Wildman–Crippen LogP) is 3.24.